The molecule has 0 bridgehead atoms. The lowest BCUT2D eigenvalue weighted by molar-refractivity contribution is -0.144. The molecule has 0 heterocycles. The minimum absolute atomic E-state index is 0.124. The van der Waals surface area contributed by atoms with E-state index in [9.17, 15) is 14.7 Å². The van der Waals surface area contributed by atoms with E-state index in [0.717, 1.165) is 31.1 Å². The number of aldehydes is 1. The number of carbonyl (C=O) groups is 2. The maximum absolute atomic E-state index is 11.7. The highest BCUT2D eigenvalue weighted by Crippen LogP contribution is 2.33. The van der Waals surface area contributed by atoms with Crippen molar-refractivity contribution in [2.75, 3.05) is 0 Å². The lowest BCUT2D eigenvalue weighted by Crippen LogP contribution is -2.53. The molecule has 4 nitrogen and oxygen atoms in total. The third kappa shape index (κ3) is 3.90. The minimum atomic E-state index is -1.39. The minimum Gasteiger partial charge on any atom is -0.480 e. The van der Waals surface area contributed by atoms with Crippen LogP contribution in [0.25, 0.3) is 0 Å². The fourth-order valence-corrected chi connectivity index (χ4v) is 2.52. The summed E-state index contributed by atoms with van der Waals surface area (Å²) >= 11 is 0. The Balaban J connectivity index is 3.05. The highest BCUT2D eigenvalue weighted by atomic mass is 16.4. The highest BCUT2D eigenvalue weighted by Gasteiger charge is 2.42. The quantitative estimate of drug-likeness (QED) is 0.537. The first kappa shape index (κ1) is 16.4. The molecule has 20 heavy (non-hydrogen) atoms. The van der Waals surface area contributed by atoms with Gasteiger partial charge < -0.3 is 15.6 Å². The van der Waals surface area contributed by atoms with Gasteiger partial charge in [0.25, 0.3) is 0 Å². The zero-order valence-electron chi connectivity index (χ0n) is 11.9. The van der Waals surface area contributed by atoms with Crippen molar-refractivity contribution < 1.29 is 14.7 Å². The van der Waals surface area contributed by atoms with Gasteiger partial charge >= 0.3 is 5.97 Å². The van der Waals surface area contributed by atoms with E-state index in [1.54, 1.807) is 0 Å². The summed E-state index contributed by atoms with van der Waals surface area (Å²) in [5, 5.41) is 9.55. The standard InChI is InChI=1S/C16H23NO3/c1-2-3-7-11-16(17,15(19)20)14(10-12-18)13-8-5-4-6-9-13/h4-6,8-9,12,14H,2-3,7,10-11,17H2,1H3,(H,19,20). The zero-order valence-corrected chi connectivity index (χ0v) is 11.9. The average molecular weight is 277 g/mol. The fraction of sp³-hybridized carbons (Fsp3) is 0.500. The monoisotopic (exact) mass is 277 g/mol. The van der Waals surface area contributed by atoms with Crippen molar-refractivity contribution in [1.29, 1.82) is 0 Å². The number of hydrogen-bond donors (Lipinski definition) is 2. The van der Waals surface area contributed by atoms with Crippen LogP contribution in [0.4, 0.5) is 0 Å². The molecule has 110 valence electrons. The Bertz CT molecular complexity index is 433. The lowest BCUT2D eigenvalue weighted by atomic mass is 9.75. The van der Waals surface area contributed by atoms with Crippen LogP contribution in [0.15, 0.2) is 30.3 Å². The summed E-state index contributed by atoms with van der Waals surface area (Å²) in [4.78, 5) is 22.6. The van der Waals surface area contributed by atoms with E-state index >= 15 is 0 Å². The Morgan fingerprint density at radius 3 is 2.50 bits per heavy atom. The van der Waals surface area contributed by atoms with E-state index in [1.807, 2.05) is 30.3 Å². The molecule has 0 fully saturated rings. The molecule has 0 saturated carbocycles. The fourth-order valence-electron chi connectivity index (χ4n) is 2.52. The predicted molar refractivity (Wildman–Crippen MR) is 78.6 cm³/mol. The first-order valence-electron chi connectivity index (χ1n) is 7.07. The van der Waals surface area contributed by atoms with Gasteiger partial charge in [0.05, 0.1) is 0 Å². The SMILES string of the molecule is CCCCCC(N)(C(=O)O)C(CC=O)c1ccccc1. The first-order chi connectivity index (χ1) is 9.56. The van der Waals surface area contributed by atoms with E-state index in [2.05, 4.69) is 6.92 Å². The van der Waals surface area contributed by atoms with Gasteiger partial charge in [-0.05, 0) is 12.0 Å². The van der Waals surface area contributed by atoms with Gasteiger partial charge in [-0.2, -0.15) is 0 Å². The van der Waals surface area contributed by atoms with Crippen LogP contribution in [0, 0.1) is 0 Å². The second-order valence-electron chi connectivity index (χ2n) is 5.17. The number of carboxylic acid groups (broad SMARTS) is 1. The molecule has 0 aliphatic carbocycles. The number of hydrogen-bond acceptors (Lipinski definition) is 3. The average Bonchev–Trinajstić information content (AvgIpc) is 2.45. The van der Waals surface area contributed by atoms with Gasteiger partial charge in [0.15, 0.2) is 0 Å². The molecule has 0 saturated heterocycles. The summed E-state index contributed by atoms with van der Waals surface area (Å²) in [5.41, 5.74) is 5.60. The summed E-state index contributed by atoms with van der Waals surface area (Å²) < 4.78 is 0. The third-order valence-electron chi connectivity index (χ3n) is 3.75. The molecule has 0 amide bonds. The zero-order chi connectivity index (χ0) is 15.0. The van der Waals surface area contributed by atoms with Crippen molar-refractivity contribution in [3.63, 3.8) is 0 Å². The molecule has 1 rings (SSSR count). The second-order valence-corrected chi connectivity index (χ2v) is 5.17. The number of nitrogens with two attached hydrogens (primary N) is 1. The summed E-state index contributed by atoms with van der Waals surface area (Å²) in [6.07, 6.45) is 3.94. The van der Waals surface area contributed by atoms with Gasteiger partial charge in [-0.25, -0.2) is 0 Å². The molecule has 2 atom stereocenters. The molecule has 1 aromatic carbocycles. The number of aliphatic carboxylic acids is 1. The lowest BCUT2D eigenvalue weighted by Gasteiger charge is -2.33. The smallest absolute Gasteiger partial charge is 0.324 e. The van der Waals surface area contributed by atoms with Crippen molar-refractivity contribution in [3.05, 3.63) is 35.9 Å². The summed E-state index contributed by atoms with van der Waals surface area (Å²) in [6.45, 7) is 2.05. The van der Waals surface area contributed by atoms with Crippen molar-refractivity contribution in [1.82, 2.24) is 0 Å². The topological polar surface area (TPSA) is 80.4 Å². The largest absolute Gasteiger partial charge is 0.480 e. The van der Waals surface area contributed by atoms with Crippen LogP contribution in [0.2, 0.25) is 0 Å². The molecule has 0 aromatic heterocycles. The van der Waals surface area contributed by atoms with Crippen molar-refractivity contribution in [2.24, 2.45) is 5.73 Å². The maximum Gasteiger partial charge on any atom is 0.324 e. The molecule has 2 unspecified atom stereocenters. The van der Waals surface area contributed by atoms with Crippen LogP contribution in [-0.2, 0) is 9.59 Å². The Morgan fingerprint density at radius 1 is 1.35 bits per heavy atom. The summed E-state index contributed by atoms with van der Waals surface area (Å²) in [5.74, 6) is -1.53. The van der Waals surface area contributed by atoms with Crippen LogP contribution in [-0.4, -0.2) is 22.9 Å². The normalized spacial score (nSPS) is 15.3. The number of unbranched alkanes of at least 4 members (excludes halogenated alkanes) is 2. The second kappa shape index (κ2) is 7.80. The highest BCUT2D eigenvalue weighted by molar-refractivity contribution is 5.81. The molecule has 0 aliphatic rings. The van der Waals surface area contributed by atoms with Crippen molar-refractivity contribution >= 4 is 12.3 Å². The van der Waals surface area contributed by atoms with E-state index in [-0.39, 0.29) is 6.42 Å². The summed E-state index contributed by atoms with van der Waals surface area (Å²) in [6, 6.07) is 9.19. The van der Waals surface area contributed by atoms with Crippen LogP contribution in [0.5, 0.6) is 0 Å². The van der Waals surface area contributed by atoms with Gasteiger partial charge in [0.2, 0.25) is 0 Å². The Hall–Kier alpha value is -1.68. The predicted octanol–water partition coefficient (Wildman–Crippen LogP) is 2.72. The molecular formula is C16H23NO3. The summed E-state index contributed by atoms with van der Waals surface area (Å²) in [7, 11) is 0. The molecule has 4 heteroatoms. The number of rotatable bonds is 9. The van der Waals surface area contributed by atoms with Crippen LogP contribution in [0.1, 0.15) is 50.5 Å². The van der Waals surface area contributed by atoms with Crippen LogP contribution >= 0.6 is 0 Å². The van der Waals surface area contributed by atoms with Crippen molar-refractivity contribution in [3.8, 4) is 0 Å². The van der Waals surface area contributed by atoms with E-state index < -0.39 is 17.4 Å². The molecule has 0 aliphatic heterocycles. The first-order valence-corrected chi connectivity index (χ1v) is 7.07. The molecule has 1 aromatic rings. The van der Waals surface area contributed by atoms with E-state index in [4.69, 9.17) is 5.73 Å². The Morgan fingerprint density at radius 2 is 2.00 bits per heavy atom. The molecule has 3 N–H and O–H groups in total. The van der Waals surface area contributed by atoms with Gasteiger partial charge in [0.1, 0.15) is 11.8 Å². The third-order valence-corrected chi connectivity index (χ3v) is 3.75. The molecular weight excluding hydrogens is 254 g/mol. The number of carbonyl (C=O) groups excluding carboxylic acids is 1. The molecule has 0 radical (unpaired) electrons. The van der Waals surface area contributed by atoms with E-state index in [1.165, 1.54) is 0 Å². The van der Waals surface area contributed by atoms with Gasteiger partial charge in [-0.15, -0.1) is 0 Å². The van der Waals surface area contributed by atoms with Crippen molar-refractivity contribution in [2.45, 2.75) is 50.5 Å². The van der Waals surface area contributed by atoms with Gasteiger partial charge in [0, 0.05) is 12.3 Å². The van der Waals surface area contributed by atoms with E-state index in [0.29, 0.717) is 6.42 Å². The Labute approximate surface area is 120 Å². The van der Waals surface area contributed by atoms with Gasteiger partial charge in [-0.1, -0.05) is 56.5 Å². The Kier molecular flexibility index (Phi) is 6.39. The maximum atomic E-state index is 11.7. The van der Waals surface area contributed by atoms with Crippen LogP contribution in [0.3, 0.4) is 0 Å². The van der Waals surface area contributed by atoms with Gasteiger partial charge in [-0.3, -0.25) is 4.79 Å². The number of carboxylic acids is 1. The number of benzene rings is 1. The molecule has 0 spiro atoms. The van der Waals surface area contributed by atoms with Crippen LogP contribution < -0.4 is 5.73 Å².